The number of nitrogens with zero attached hydrogens (tertiary/aromatic N) is 8. The van der Waals surface area contributed by atoms with Crippen molar-refractivity contribution in [2.75, 3.05) is 0 Å². The van der Waals surface area contributed by atoms with Crippen LogP contribution in [0.2, 0.25) is 0 Å². The maximum Gasteiger partial charge on any atom is 0.332 e. The fourth-order valence-corrected chi connectivity index (χ4v) is 3.20. The van der Waals surface area contributed by atoms with Gasteiger partial charge in [0.25, 0.3) is 5.56 Å². The molecule has 0 unspecified atom stereocenters. The van der Waals surface area contributed by atoms with Crippen molar-refractivity contribution in [2.24, 2.45) is 19.8 Å². The molecule has 4 rings (SSSR count). The molecule has 12 heteroatoms. The predicted octanol–water partition coefficient (Wildman–Crippen LogP) is -0.724. The van der Waals surface area contributed by atoms with Gasteiger partial charge < -0.3 is 10.3 Å². The molecule has 0 radical (unpaired) electrons. The van der Waals surface area contributed by atoms with E-state index in [-0.39, 0.29) is 12.1 Å². The number of imidazole rings is 1. The highest BCUT2D eigenvalue weighted by Gasteiger charge is 2.15. The van der Waals surface area contributed by atoms with Gasteiger partial charge in [0.2, 0.25) is 11.7 Å². The number of benzene rings is 1. The first-order chi connectivity index (χ1) is 14.4. The smallest absolute Gasteiger partial charge is 0.332 e. The number of fused-ring (bicyclic) bond motifs is 1. The van der Waals surface area contributed by atoms with Crippen LogP contribution in [0.4, 0.5) is 0 Å². The fourth-order valence-electron chi connectivity index (χ4n) is 3.20. The minimum Gasteiger partial charge on any atom is -0.366 e. The van der Waals surface area contributed by atoms with E-state index in [1.54, 1.807) is 42.9 Å². The van der Waals surface area contributed by atoms with Crippen LogP contribution in [0, 0.1) is 0 Å². The van der Waals surface area contributed by atoms with Crippen molar-refractivity contribution < 1.29 is 4.79 Å². The molecule has 0 saturated carbocycles. The molecule has 1 aromatic carbocycles. The number of hydrogen-bond acceptors (Lipinski definition) is 7. The topological polar surface area (TPSA) is 149 Å². The van der Waals surface area contributed by atoms with Crippen LogP contribution in [0.25, 0.3) is 22.6 Å². The number of aromatic nitrogens is 8. The van der Waals surface area contributed by atoms with E-state index in [0.717, 1.165) is 0 Å². The number of carbonyl (C=O) groups excluding carboxylic acids is 1. The Morgan fingerprint density at radius 3 is 2.53 bits per heavy atom. The van der Waals surface area contributed by atoms with Crippen molar-refractivity contribution >= 4 is 17.1 Å². The third-order valence-corrected chi connectivity index (χ3v) is 4.82. The number of primary amides is 1. The van der Waals surface area contributed by atoms with Crippen molar-refractivity contribution in [3.05, 3.63) is 57.0 Å². The highest BCUT2D eigenvalue weighted by Crippen LogP contribution is 2.14. The molecule has 0 aliphatic carbocycles. The molecule has 0 fully saturated rings. The van der Waals surface area contributed by atoms with Crippen molar-refractivity contribution in [3.63, 3.8) is 0 Å². The SMILES string of the molecule is Cn1cnc2c1c(=O)n(CCCn1nnc(-c3ccc(C(N)=O)cc3)n1)c(=O)n2C. The molecular weight excluding hydrogens is 390 g/mol. The van der Waals surface area contributed by atoms with Crippen LogP contribution >= 0.6 is 0 Å². The van der Waals surface area contributed by atoms with Crippen molar-refractivity contribution in [1.82, 2.24) is 38.9 Å². The monoisotopic (exact) mass is 409 g/mol. The van der Waals surface area contributed by atoms with E-state index in [2.05, 4.69) is 20.4 Å². The van der Waals surface area contributed by atoms with Crippen molar-refractivity contribution in [2.45, 2.75) is 19.5 Å². The van der Waals surface area contributed by atoms with E-state index < -0.39 is 11.6 Å². The van der Waals surface area contributed by atoms with E-state index in [0.29, 0.717) is 41.1 Å². The molecule has 4 aromatic rings. The van der Waals surface area contributed by atoms with Gasteiger partial charge in [0.1, 0.15) is 0 Å². The zero-order valence-corrected chi connectivity index (χ0v) is 16.4. The molecule has 2 N–H and O–H groups in total. The molecule has 154 valence electrons. The van der Waals surface area contributed by atoms with E-state index in [9.17, 15) is 14.4 Å². The van der Waals surface area contributed by atoms with Crippen molar-refractivity contribution in [1.29, 1.82) is 0 Å². The molecule has 0 bridgehead atoms. The lowest BCUT2D eigenvalue weighted by atomic mass is 10.1. The lowest BCUT2D eigenvalue weighted by Gasteiger charge is -2.08. The van der Waals surface area contributed by atoms with Gasteiger partial charge in [0, 0.05) is 31.8 Å². The molecule has 0 saturated heterocycles. The second kappa shape index (κ2) is 7.39. The Kier molecular flexibility index (Phi) is 4.74. The van der Waals surface area contributed by atoms with E-state index >= 15 is 0 Å². The fraction of sp³-hybridized carbons (Fsp3) is 0.278. The van der Waals surface area contributed by atoms with Gasteiger partial charge in [0.15, 0.2) is 11.2 Å². The summed E-state index contributed by atoms with van der Waals surface area (Å²) >= 11 is 0. The molecule has 0 spiro atoms. The summed E-state index contributed by atoms with van der Waals surface area (Å²) in [6.45, 7) is 0.572. The number of rotatable bonds is 6. The first-order valence-electron chi connectivity index (χ1n) is 9.15. The standard InChI is InChI=1S/C18H19N9O3/c1-24-10-20-16-13(24)17(29)26(18(30)25(16)2)8-3-9-27-22-15(21-23-27)12-6-4-11(5-7-12)14(19)28/h4-7,10H,3,8-9H2,1-2H3,(H2,19,28). The van der Waals surface area contributed by atoms with Gasteiger partial charge in [-0.1, -0.05) is 12.1 Å². The van der Waals surface area contributed by atoms with E-state index in [4.69, 9.17) is 5.73 Å². The maximum atomic E-state index is 12.7. The van der Waals surface area contributed by atoms with Gasteiger partial charge in [-0.25, -0.2) is 9.78 Å². The predicted molar refractivity (Wildman–Crippen MR) is 107 cm³/mol. The van der Waals surface area contributed by atoms with Crippen LogP contribution in [-0.2, 0) is 27.2 Å². The number of hydrogen-bond donors (Lipinski definition) is 1. The number of tetrazole rings is 1. The highest BCUT2D eigenvalue weighted by molar-refractivity contribution is 5.93. The van der Waals surface area contributed by atoms with Crippen LogP contribution < -0.4 is 17.0 Å². The Hall–Kier alpha value is -4.09. The largest absolute Gasteiger partial charge is 0.366 e. The third kappa shape index (κ3) is 3.27. The maximum absolute atomic E-state index is 12.7. The molecule has 30 heavy (non-hydrogen) atoms. The van der Waals surface area contributed by atoms with Gasteiger partial charge in [-0.3, -0.25) is 18.7 Å². The minimum atomic E-state index is -0.510. The number of amides is 1. The van der Waals surface area contributed by atoms with Crippen LogP contribution in [-0.4, -0.2) is 44.8 Å². The van der Waals surface area contributed by atoms with Gasteiger partial charge in [-0.05, 0) is 23.8 Å². The number of carbonyl (C=O) groups is 1. The van der Waals surface area contributed by atoms with Crippen LogP contribution in [0.1, 0.15) is 16.8 Å². The number of nitrogens with two attached hydrogens (primary N) is 1. The molecule has 0 aliphatic rings. The van der Waals surface area contributed by atoms with Crippen LogP contribution in [0.5, 0.6) is 0 Å². The summed E-state index contributed by atoms with van der Waals surface area (Å²) in [4.78, 5) is 41.9. The Morgan fingerprint density at radius 1 is 1.10 bits per heavy atom. The summed E-state index contributed by atoms with van der Waals surface area (Å²) in [6.07, 6.45) is 1.96. The average Bonchev–Trinajstić information content (AvgIpc) is 3.36. The molecule has 3 heterocycles. The van der Waals surface area contributed by atoms with Crippen LogP contribution in [0.15, 0.2) is 40.2 Å². The second-order valence-corrected chi connectivity index (χ2v) is 6.83. The van der Waals surface area contributed by atoms with Crippen LogP contribution in [0.3, 0.4) is 0 Å². The summed E-state index contributed by atoms with van der Waals surface area (Å²) in [7, 11) is 3.30. The minimum absolute atomic E-state index is 0.205. The summed E-state index contributed by atoms with van der Waals surface area (Å²) in [6, 6.07) is 6.56. The normalized spacial score (nSPS) is 11.3. The van der Waals surface area contributed by atoms with Gasteiger partial charge in [0.05, 0.1) is 12.9 Å². The molecule has 0 atom stereocenters. The summed E-state index contributed by atoms with van der Waals surface area (Å²) < 4.78 is 4.14. The second-order valence-electron chi connectivity index (χ2n) is 6.83. The van der Waals surface area contributed by atoms with Gasteiger partial charge in [-0.2, -0.15) is 4.80 Å². The van der Waals surface area contributed by atoms with Gasteiger partial charge in [-0.15, -0.1) is 10.2 Å². The molecule has 1 amide bonds. The first-order valence-corrected chi connectivity index (χ1v) is 9.15. The van der Waals surface area contributed by atoms with Crippen molar-refractivity contribution in [3.8, 4) is 11.4 Å². The number of aryl methyl sites for hydroxylation is 3. The van der Waals surface area contributed by atoms with Gasteiger partial charge >= 0.3 is 5.69 Å². The Labute approximate surface area is 169 Å². The zero-order chi connectivity index (χ0) is 21.4. The summed E-state index contributed by atoms with van der Waals surface area (Å²) in [5.41, 5.74) is 6.24. The summed E-state index contributed by atoms with van der Waals surface area (Å²) in [5, 5.41) is 12.3. The summed E-state index contributed by atoms with van der Waals surface area (Å²) in [5.74, 6) is -0.112. The Bertz CT molecular complexity index is 1360. The zero-order valence-electron chi connectivity index (χ0n) is 16.4. The lowest BCUT2D eigenvalue weighted by molar-refractivity contribution is 0.100. The molecular formula is C18H19N9O3. The molecule has 0 aliphatic heterocycles. The third-order valence-electron chi connectivity index (χ3n) is 4.82. The Morgan fingerprint density at radius 2 is 1.83 bits per heavy atom. The van der Waals surface area contributed by atoms with E-state index in [1.807, 2.05) is 0 Å². The lowest BCUT2D eigenvalue weighted by Crippen LogP contribution is -2.39. The first kappa shape index (κ1) is 19.2. The van der Waals surface area contributed by atoms with E-state index in [1.165, 1.54) is 20.3 Å². The highest BCUT2D eigenvalue weighted by atomic mass is 16.2. The quantitative estimate of drug-likeness (QED) is 0.441. The molecule has 12 nitrogen and oxygen atoms in total. The molecule has 3 aromatic heterocycles. The average molecular weight is 409 g/mol. The Balaban J connectivity index is 1.49.